The summed E-state index contributed by atoms with van der Waals surface area (Å²) in [4.78, 5) is 11.3. The van der Waals surface area contributed by atoms with Gasteiger partial charge in [-0.15, -0.1) is 0 Å². The van der Waals surface area contributed by atoms with Crippen LogP contribution in [-0.2, 0) is 16.1 Å². The number of benzene rings is 1. The molecule has 1 aromatic carbocycles. The highest BCUT2D eigenvalue weighted by Gasteiger charge is 2.05. The summed E-state index contributed by atoms with van der Waals surface area (Å²) in [7, 11) is 0. The Labute approximate surface area is 105 Å². The van der Waals surface area contributed by atoms with Crippen LogP contribution in [0.4, 0.5) is 0 Å². The number of esters is 1. The molecule has 4 heteroatoms. The Morgan fingerprint density at radius 1 is 1.44 bits per heavy atom. The van der Waals surface area contributed by atoms with Crippen molar-refractivity contribution in [3.8, 4) is 6.07 Å². The number of nitrogens with zero attached hydrogens (tertiary/aromatic N) is 2. The van der Waals surface area contributed by atoms with Gasteiger partial charge in [0.25, 0.3) is 0 Å². The first kappa shape index (κ1) is 12.2. The van der Waals surface area contributed by atoms with E-state index in [9.17, 15) is 4.79 Å². The summed E-state index contributed by atoms with van der Waals surface area (Å²) in [5, 5.41) is 9.95. The first-order valence-corrected chi connectivity index (χ1v) is 5.89. The van der Waals surface area contributed by atoms with Crippen LogP contribution in [0.2, 0.25) is 0 Å². The minimum Gasteiger partial charge on any atom is -0.466 e. The highest BCUT2D eigenvalue weighted by Crippen LogP contribution is 2.17. The van der Waals surface area contributed by atoms with E-state index in [1.165, 1.54) is 0 Å². The lowest BCUT2D eigenvalue weighted by Crippen LogP contribution is -2.08. The molecule has 4 nitrogen and oxygen atoms in total. The van der Waals surface area contributed by atoms with E-state index in [0.717, 1.165) is 10.9 Å². The van der Waals surface area contributed by atoms with Crippen molar-refractivity contribution in [1.82, 2.24) is 4.57 Å². The molecule has 0 unspecified atom stereocenters. The second-order valence-electron chi connectivity index (χ2n) is 3.95. The van der Waals surface area contributed by atoms with Gasteiger partial charge in [0.15, 0.2) is 0 Å². The van der Waals surface area contributed by atoms with Crippen LogP contribution in [0, 0.1) is 11.3 Å². The molecule has 0 aliphatic heterocycles. The molecule has 18 heavy (non-hydrogen) atoms. The molecule has 0 saturated heterocycles. The average Bonchev–Trinajstić information content (AvgIpc) is 2.79. The third kappa shape index (κ3) is 2.51. The van der Waals surface area contributed by atoms with Crippen molar-refractivity contribution in [2.75, 3.05) is 6.61 Å². The van der Waals surface area contributed by atoms with E-state index in [1.807, 2.05) is 29.0 Å². The number of nitriles is 1. The number of carbonyl (C=O) groups is 1. The fourth-order valence-electron chi connectivity index (χ4n) is 1.89. The second-order valence-corrected chi connectivity index (χ2v) is 3.95. The summed E-state index contributed by atoms with van der Waals surface area (Å²) in [5.41, 5.74) is 1.59. The number of fused-ring (bicyclic) bond motifs is 1. The maximum Gasteiger partial charge on any atom is 0.307 e. The average molecular weight is 242 g/mol. The first-order valence-electron chi connectivity index (χ1n) is 5.89. The number of ether oxygens (including phenoxy) is 1. The van der Waals surface area contributed by atoms with Gasteiger partial charge in [0.2, 0.25) is 0 Å². The number of aryl methyl sites for hydroxylation is 1. The smallest absolute Gasteiger partial charge is 0.307 e. The number of carbonyl (C=O) groups excluding carboxylic acids is 1. The molecule has 0 aliphatic rings. The Bertz CT molecular complexity index is 608. The zero-order valence-corrected chi connectivity index (χ0v) is 10.2. The molecule has 2 rings (SSSR count). The van der Waals surface area contributed by atoms with Gasteiger partial charge >= 0.3 is 5.97 Å². The predicted molar refractivity (Wildman–Crippen MR) is 67.9 cm³/mol. The SMILES string of the molecule is CCOC(=O)CCn1ccc2ccc(C#N)cc21. The standard InChI is InChI=1S/C14H14N2O2/c1-2-18-14(17)6-8-16-7-5-12-4-3-11(10-15)9-13(12)16/h3-5,7,9H,2,6,8H2,1H3. The number of hydrogen-bond acceptors (Lipinski definition) is 3. The summed E-state index contributed by atoms with van der Waals surface area (Å²) in [6.07, 6.45) is 2.26. The van der Waals surface area contributed by atoms with E-state index in [2.05, 4.69) is 6.07 Å². The van der Waals surface area contributed by atoms with Gasteiger partial charge in [0.1, 0.15) is 0 Å². The van der Waals surface area contributed by atoms with Gasteiger partial charge < -0.3 is 9.30 Å². The van der Waals surface area contributed by atoms with Crippen LogP contribution < -0.4 is 0 Å². The molecule has 2 aromatic rings. The van der Waals surface area contributed by atoms with Crippen molar-refractivity contribution in [2.45, 2.75) is 19.9 Å². The Morgan fingerprint density at radius 3 is 3.00 bits per heavy atom. The Balaban J connectivity index is 2.18. The number of rotatable bonds is 4. The Hall–Kier alpha value is -2.28. The van der Waals surface area contributed by atoms with Gasteiger partial charge in [-0.3, -0.25) is 4.79 Å². The normalized spacial score (nSPS) is 10.2. The van der Waals surface area contributed by atoms with Crippen LogP contribution >= 0.6 is 0 Å². The summed E-state index contributed by atoms with van der Waals surface area (Å²) < 4.78 is 6.86. The third-order valence-electron chi connectivity index (χ3n) is 2.77. The van der Waals surface area contributed by atoms with Crippen molar-refractivity contribution < 1.29 is 9.53 Å². The molecule has 0 atom stereocenters. The van der Waals surface area contributed by atoms with Gasteiger partial charge in [0, 0.05) is 18.3 Å². The van der Waals surface area contributed by atoms with Crippen LogP contribution in [-0.4, -0.2) is 17.1 Å². The number of hydrogen-bond donors (Lipinski definition) is 0. The van der Waals surface area contributed by atoms with Crippen molar-refractivity contribution in [3.63, 3.8) is 0 Å². The molecule has 0 amide bonds. The molecule has 0 fully saturated rings. The van der Waals surface area contributed by atoms with Gasteiger partial charge in [0.05, 0.1) is 24.7 Å². The lowest BCUT2D eigenvalue weighted by atomic mass is 10.2. The van der Waals surface area contributed by atoms with Crippen LogP contribution in [0.3, 0.4) is 0 Å². The van der Waals surface area contributed by atoms with E-state index in [-0.39, 0.29) is 5.97 Å². The molecule has 1 aromatic heterocycles. The Morgan fingerprint density at radius 2 is 2.28 bits per heavy atom. The lowest BCUT2D eigenvalue weighted by molar-refractivity contribution is -0.143. The van der Waals surface area contributed by atoms with Gasteiger partial charge in [-0.05, 0) is 30.5 Å². The van der Waals surface area contributed by atoms with E-state index >= 15 is 0 Å². The van der Waals surface area contributed by atoms with Crippen molar-refractivity contribution >= 4 is 16.9 Å². The van der Waals surface area contributed by atoms with Crippen LogP contribution in [0.15, 0.2) is 30.5 Å². The van der Waals surface area contributed by atoms with Gasteiger partial charge in [-0.1, -0.05) is 6.07 Å². The highest BCUT2D eigenvalue weighted by atomic mass is 16.5. The molecule has 0 saturated carbocycles. The largest absolute Gasteiger partial charge is 0.466 e. The molecule has 0 radical (unpaired) electrons. The van der Waals surface area contributed by atoms with Crippen LogP contribution in [0.1, 0.15) is 18.9 Å². The quantitative estimate of drug-likeness (QED) is 0.774. The van der Waals surface area contributed by atoms with E-state index < -0.39 is 0 Å². The molecular weight excluding hydrogens is 228 g/mol. The third-order valence-corrected chi connectivity index (χ3v) is 2.77. The summed E-state index contributed by atoms with van der Waals surface area (Å²) >= 11 is 0. The molecule has 0 aliphatic carbocycles. The highest BCUT2D eigenvalue weighted by molar-refractivity contribution is 5.81. The van der Waals surface area contributed by atoms with Gasteiger partial charge in [-0.25, -0.2) is 0 Å². The maximum absolute atomic E-state index is 11.3. The minimum atomic E-state index is -0.198. The first-order chi connectivity index (χ1) is 8.74. The van der Waals surface area contributed by atoms with E-state index in [4.69, 9.17) is 10.00 Å². The fraction of sp³-hybridized carbons (Fsp3) is 0.286. The van der Waals surface area contributed by atoms with Crippen molar-refractivity contribution in [2.24, 2.45) is 0 Å². The monoisotopic (exact) mass is 242 g/mol. The molecular formula is C14H14N2O2. The van der Waals surface area contributed by atoms with Crippen LogP contribution in [0.5, 0.6) is 0 Å². The molecule has 1 heterocycles. The molecule has 92 valence electrons. The summed E-state index contributed by atoms with van der Waals surface area (Å²) in [5.74, 6) is -0.198. The van der Waals surface area contributed by atoms with Gasteiger partial charge in [-0.2, -0.15) is 5.26 Å². The van der Waals surface area contributed by atoms with E-state index in [1.54, 1.807) is 13.0 Å². The topological polar surface area (TPSA) is 55.0 Å². The molecule has 0 N–H and O–H groups in total. The van der Waals surface area contributed by atoms with Crippen molar-refractivity contribution in [3.05, 3.63) is 36.0 Å². The second kappa shape index (κ2) is 5.37. The summed E-state index contributed by atoms with van der Waals surface area (Å²) in [6.45, 7) is 2.77. The Kier molecular flexibility index (Phi) is 3.63. The lowest BCUT2D eigenvalue weighted by Gasteiger charge is -2.05. The molecule has 0 spiro atoms. The number of aromatic nitrogens is 1. The van der Waals surface area contributed by atoms with E-state index in [0.29, 0.717) is 25.1 Å². The predicted octanol–water partition coefficient (Wildman–Crippen LogP) is 2.47. The fourth-order valence-corrected chi connectivity index (χ4v) is 1.89. The maximum atomic E-state index is 11.3. The van der Waals surface area contributed by atoms with Crippen molar-refractivity contribution in [1.29, 1.82) is 5.26 Å². The zero-order chi connectivity index (χ0) is 13.0. The molecule has 0 bridgehead atoms. The van der Waals surface area contributed by atoms with Crippen LogP contribution in [0.25, 0.3) is 10.9 Å². The minimum absolute atomic E-state index is 0.198. The zero-order valence-electron chi connectivity index (χ0n) is 10.2. The summed E-state index contributed by atoms with van der Waals surface area (Å²) in [6, 6.07) is 9.63.